The van der Waals surface area contributed by atoms with Gasteiger partial charge in [0, 0.05) is 23.7 Å². The number of nitrogens with one attached hydrogen (secondary N) is 2. The summed E-state index contributed by atoms with van der Waals surface area (Å²) in [7, 11) is 0. The number of alkyl carbamates (subject to hydrolysis) is 1. The standard InChI is InChI=1S/C15H27N3O2S/c1-7-12-9-16-13(21-12)11(3)18-10(2)8-17-14(19)20-15(4,5)6/h9-11,18H,7-8H2,1-6H3,(H,17,19). The van der Waals surface area contributed by atoms with Gasteiger partial charge in [-0.15, -0.1) is 11.3 Å². The smallest absolute Gasteiger partial charge is 0.407 e. The zero-order valence-corrected chi connectivity index (χ0v) is 14.6. The van der Waals surface area contributed by atoms with Crippen LogP contribution in [0.4, 0.5) is 4.79 Å². The van der Waals surface area contributed by atoms with E-state index in [4.69, 9.17) is 4.74 Å². The maximum Gasteiger partial charge on any atom is 0.407 e. The summed E-state index contributed by atoms with van der Waals surface area (Å²) in [5, 5.41) is 7.28. The van der Waals surface area contributed by atoms with Gasteiger partial charge >= 0.3 is 6.09 Å². The fourth-order valence-electron chi connectivity index (χ4n) is 1.79. The van der Waals surface area contributed by atoms with E-state index < -0.39 is 5.60 Å². The van der Waals surface area contributed by atoms with Crippen molar-refractivity contribution in [2.75, 3.05) is 6.54 Å². The van der Waals surface area contributed by atoms with Gasteiger partial charge in [0.25, 0.3) is 0 Å². The number of hydrogen-bond acceptors (Lipinski definition) is 5. The molecule has 0 aliphatic heterocycles. The molecule has 0 saturated heterocycles. The molecule has 0 radical (unpaired) electrons. The molecule has 1 aromatic heterocycles. The number of carbonyl (C=O) groups is 1. The number of rotatable bonds is 6. The zero-order chi connectivity index (χ0) is 16.0. The molecule has 120 valence electrons. The Kier molecular flexibility index (Phi) is 6.61. The minimum Gasteiger partial charge on any atom is -0.444 e. The van der Waals surface area contributed by atoms with Crippen LogP contribution >= 0.6 is 11.3 Å². The molecule has 2 N–H and O–H groups in total. The van der Waals surface area contributed by atoms with Crippen molar-refractivity contribution in [2.45, 2.75) is 65.6 Å². The lowest BCUT2D eigenvalue weighted by Crippen LogP contribution is -2.41. The number of thiazole rings is 1. The van der Waals surface area contributed by atoms with Crippen LogP contribution in [0.3, 0.4) is 0 Å². The molecular weight excluding hydrogens is 286 g/mol. The molecule has 0 aliphatic rings. The zero-order valence-electron chi connectivity index (χ0n) is 13.8. The van der Waals surface area contributed by atoms with Crippen LogP contribution in [0.2, 0.25) is 0 Å². The number of aromatic nitrogens is 1. The molecule has 0 bridgehead atoms. The Hall–Kier alpha value is -1.14. The van der Waals surface area contributed by atoms with Crippen molar-refractivity contribution in [1.29, 1.82) is 0 Å². The monoisotopic (exact) mass is 313 g/mol. The highest BCUT2D eigenvalue weighted by Crippen LogP contribution is 2.20. The fraction of sp³-hybridized carbons (Fsp3) is 0.733. The van der Waals surface area contributed by atoms with Crippen LogP contribution in [-0.4, -0.2) is 29.3 Å². The normalized spacial score (nSPS) is 14.6. The first-order valence-corrected chi connectivity index (χ1v) is 8.20. The average molecular weight is 313 g/mol. The molecule has 0 aromatic carbocycles. The SMILES string of the molecule is CCc1cnc(C(C)NC(C)CNC(=O)OC(C)(C)C)s1. The van der Waals surface area contributed by atoms with Gasteiger partial charge in [-0.2, -0.15) is 0 Å². The Balaban J connectivity index is 2.36. The minimum atomic E-state index is -0.467. The van der Waals surface area contributed by atoms with Crippen molar-refractivity contribution in [3.63, 3.8) is 0 Å². The van der Waals surface area contributed by atoms with Crippen LogP contribution < -0.4 is 10.6 Å². The summed E-state index contributed by atoms with van der Waals surface area (Å²) in [6, 6.07) is 0.312. The molecule has 6 heteroatoms. The fourth-order valence-corrected chi connectivity index (χ4v) is 2.66. The lowest BCUT2D eigenvalue weighted by Gasteiger charge is -2.22. The van der Waals surface area contributed by atoms with Gasteiger partial charge < -0.3 is 15.4 Å². The molecule has 1 heterocycles. The third-order valence-corrected chi connectivity index (χ3v) is 4.10. The van der Waals surface area contributed by atoms with Gasteiger partial charge in [0.05, 0.1) is 6.04 Å². The van der Waals surface area contributed by atoms with Gasteiger partial charge in [-0.1, -0.05) is 6.92 Å². The Morgan fingerprint density at radius 1 is 1.43 bits per heavy atom. The number of amides is 1. The largest absolute Gasteiger partial charge is 0.444 e. The Morgan fingerprint density at radius 2 is 2.10 bits per heavy atom. The second-order valence-electron chi connectivity index (χ2n) is 6.19. The van der Waals surface area contributed by atoms with Gasteiger partial charge in [-0.05, 0) is 41.0 Å². The molecule has 2 atom stereocenters. The summed E-state index contributed by atoms with van der Waals surface area (Å²) in [6.45, 7) is 12.3. The number of carbonyl (C=O) groups excluding carboxylic acids is 1. The molecule has 1 rings (SSSR count). The van der Waals surface area contributed by atoms with Crippen LogP contribution in [-0.2, 0) is 11.2 Å². The van der Waals surface area contributed by atoms with E-state index in [-0.39, 0.29) is 18.2 Å². The Bertz CT molecular complexity index is 454. The second-order valence-corrected chi connectivity index (χ2v) is 7.34. The van der Waals surface area contributed by atoms with Crippen LogP contribution in [0.5, 0.6) is 0 Å². The van der Waals surface area contributed by atoms with Crippen molar-refractivity contribution in [1.82, 2.24) is 15.6 Å². The number of aryl methyl sites for hydroxylation is 1. The molecule has 0 spiro atoms. The van der Waals surface area contributed by atoms with Gasteiger partial charge in [-0.3, -0.25) is 0 Å². The van der Waals surface area contributed by atoms with E-state index in [1.54, 1.807) is 11.3 Å². The molecule has 1 aromatic rings. The molecule has 21 heavy (non-hydrogen) atoms. The maximum atomic E-state index is 11.6. The van der Waals surface area contributed by atoms with Crippen molar-refractivity contribution < 1.29 is 9.53 Å². The first-order valence-electron chi connectivity index (χ1n) is 7.38. The van der Waals surface area contributed by atoms with Gasteiger partial charge in [-0.25, -0.2) is 9.78 Å². The minimum absolute atomic E-state index is 0.140. The van der Waals surface area contributed by atoms with Crippen molar-refractivity contribution in [3.05, 3.63) is 16.1 Å². The number of nitrogens with zero attached hydrogens (tertiary/aromatic N) is 1. The topological polar surface area (TPSA) is 63.2 Å². The van der Waals surface area contributed by atoms with E-state index in [1.807, 2.05) is 33.9 Å². The van der Waals surface area contributed by atoms with Crippen molar-refractivity contribution >= 4 is 17.4 Å². The van der Waals surface area contributed by atoms with E-state index in [0.717, 1.165) is 11.4 Å². The quantitative estimate of drug-likeness (QED) is 0.846. The van der Waals surface area contributed by atoms with E-state index in [1.165, 1.54) is 4.88 Å². The molecule has 1 amide bonds. The van der Waals surface area contributed by atoms with E-state index in [0.29, 0.717) is 6.54 Å². The van der Waals surface area contributed by atoms with Gasteiger partial charge in [0.1, 0.15) is 10.6 Å². The second kappa shape index (κ2) is 7.75. The number of ether oxygens (including phenoxy) is 1. The molecule has 0 aliphatic carbocycles. The molecule has 2 unspecified atom stereocenters. The third kappa shape index (κ3) is 6.91. The van der Waals surface area contributed by atoms with Crippen molar-refractivity contribution in [3.8, 4) is 0 Å². The van der Waals surface area contributed by atoms with E-state index in [2.05, 4.69) is 29.5 Å². The highest BCUT2D eigenvalue weighted by molar-refractivity contribution is 7.11. The van der Waals surface area contributed by atoms with Gasteiger partial charge in [0.2, 0.25) is 0 Å². The lowest BCUT2D eigenvalue weighted by atomic mass is 10.2. The van der Waals surface area contributed by atoms with Crippen LogP contribution in [0.15, 0.2) is 6.20 Å². The molecule has 0 saturated carbocycles. The average Bonchev–Trinajstić information content (AvgIpc) is 2.83. The lowest BCUT2D eigenvalue weighted by molar-refractivity contribution is 0.0522. The molecule has 0 fully saturated rings. The maximum absolute atomic E-state index is 11.6. The molecule has 5 nitrogen and oxygen atoms in total. The van der Waals surface area contributed by atoms with Crippen LogP contribution in [0.25, 0.3) is 0 Å². The van der Waals surface area contributed by atoms with Crippen LogP contribution in [0.1, 0.15) is 57.5 Å². The summed E-state index contributed by atoms with van der Waals surface area (Å²) in [6.07, 6.45) is 2.56. The van der Waals surface area contributed by atoms with Crippen LogP contribution in [0, 0.1) is 0 Å². The Morgan fingerprint density at radius 3 is 2.62 bits per heavy atom. The third-order valence-electron chi connectivity index (χ3n) is 2.78. The number of hydrogen-bond donors (Lipinski definition) is 2. The summed E-state index contributed by atoms with van der Waals surface area (Å²) in [4.78, 5) is 17.3. The Labute approximate surface area is 131 Å². The summed E-state index contributed by atoms with van der Waals surface area (Å²) in [5.41, 5.74) is -0.467. The highest BCUT2D eigenvalue weighted by Gasteiger charge is 2.17. The summed E-state index contributed by atoms with van der Waals surface area (Å²) < 4.78 is 5.21. The van der Waals surface area contributed by atoms with Crippen molar-refractivity contribution in [2.24, 2.45) is 0 Å². The molecular formula is C15H27N3O2S. The first kappa shape index (κ1) is 17.9. The summed E-state index contributed by atoms with van der Waals surface area (Å²) >= 11 is 1.73. The van der Waals surface area contributed by atoms with E-state index in [9.17, 15) is 4.79 Å². The predicted molar refractivity (Wildman–Crippen MR) is 86.7 cm³/mol. The summed E-state index contributed by atoms with van der Waals surface area (Å²) in [5.74, 6) is 0. The van der Waals surface area contributed by atoms with Gasteiger partial charge in [0.15, 0.2) is 0 Å². The first-order chi connectivity index (χ1) is 9.71. The highest BCUT2D eigenvalue weighted by atomic mass is 32.1. The predicted octanol–water partition coefficient (Wildman–Crippen LogP) is 3.27. The van der Waals surface area contributed by atoms with E-state index >= 15 is 0 Å².